The molecule has 0 N–H and O–H groups in total. The zero-order valence-corrected chi connectivity index (χ0v) is 8.93. The van der Waals surface area contributed by atoms with Gasteiger partial charge in [0.25, 0.3) is 0 Å². The summed E-state index contributed by atoms with van der Waals surface area (Å²) in [5.74, 6) is -0.169. The van der Waals surface area contributed by atoms with E-state index < -0.39 is 0 Å². The highest BCUT2D eigenvalue weighted by Crippen LogP contribution is 2.00. The first kappa shape index (κ1) is 12.2. The van der Waals surface area contributed by atoms with Crippen LogP contribution in [0.3, 0.4) is 0 Å². The van der Waals surface area contributed by atoms with E-state index in [1.165, 1.54) is 0 Å². The predicted molar refractivity (Wildman–Crippen MR) is 54.5 cm³/mol. The maximum absolute atomic E-state index is 11.2. The van der Waals surface area contributed by atoms with E-state index in [4.69, 9.17) is 4.74 Å². The van der Waals surface area contributed by atoms with E-state index in [1.54, 1.807) is 6.92 Å². The molecule has 0 bridgehead atoms. The van der Waals surface area contributed by atoms with Crippen molar-refractivity contribution < 1.29 is 9.53 Å². The lowest BCUT2D eigenvalue weighted by atomic mass is 10.2. The van der Waals surface area contributed by atoms with Crippen molar-refractivity contribution in [3.63, 3.8) is 0 Å². The number of hydrogen-bond acceptors (Lipinski definition) is 2. The van der Waals surface area contributed by atoms with Crippen LogP contribution in [0.1, 0.15) is 46.5 Å². The number of hydrogen-bond donors (Lipinski definition) is 0. The fourth-order valence-corrected chi connectivity index (χ4v) is 1.02. The zero-order valence-electron chi connectivity index (χ0n) is 8.93. The molecule has 13 heavy (non-hydrogen) atoms. The maximum atomic E-state index is 11.2. The lowest BCUT2D eigenvalue weighted by Crippen LogP contribution is -2.06. The minimum absolute atomic E-state index is 0.169. The molecule has 0 aliphatic carbocycles. The van der Waals surface area contributed by atoms with E-state index in [-0.39, 0.29) is 5.97 Å². The molecule has 0 spiro atoms. The second-order valence-corrected chi connectivity index (χ2v) is 3.14. The quantitative estimate of drug-likeness (QED) is 0.360. The van der Waals surface area contributed by atoms with Gasteiger partial charge in [0.05, 0.1) is 6.61 Å². The normalized spacial score (nSPS) is 11.5. The number of carbonyl (C=O) groups is 1. The summed E-state index contributed by atoms with van der Waals surface area (Å²) in [5.41, 5.74) is 0.721. The largest absolute Gasteiger partial charge is 0.462 e. The van der Waals surface area contributed by atoms with Gasteiger partial charge in [0.15, 0.2) is 0 Å². The van der Waals surface area contributed by atoms with Gasteiger partial charge in [-0.05, 0) is 19.8 Å². The number of rotatable bonds is 6. The first-order valence-electron chi connectivity index (χ1n) is 5.06. The summed E-state index contributed by atoms with van der Waals surface area (Å²) < 4.78 is 5.05. The van der Waals surface area contributed by atoms with Crippen LogP contribution in [0, 0.1) is 0 Å². The fourth-order valence-electron chi connectivity index (χ4n) is 1.02. The Balaban J connectivity index is 3.56. The van der Waals surface area contributed by atoms with Crippen LogP contribution in [0.15, 0.2) is 11.6 Å². The van der Waals surface area contributed by atoms with Gasteiger partial charge in [-0.15, -0.1) is 0 Å². The summed E-state index contributed by atoms with van der Waals surface area (Å²) in [6, 6.07) is 0. The summed E-state index contributed by atoms with van der Waals surface area (Å²) in [5, 5.41) is 0. The molecule has 0 aliphatic rings. The summed E-state index contributed by atoms with van der Waals surface area (Å²) in [7, 11) is 0. The topological polar surface area (TPSA) is 26.3 Å². The number of ether oxygens (including phenoxy) is 1. The van der Waals surface area contributed by atoms with Crippen LogP contribution >= 0.6 is 0 Å². The monoisotopic (exact) mass is 184 g/mol. The van der Waals surface area contributed by atoms with Gasteiger partial charge in [-0.3, -0.25) is 0 Å². The van der Waals surface area contributed by atoms with E-state index in [0.29, 0.717) is 6.61 Å². The van der Waals surface area contributed by atoms with Crippen LogP contribution in [-0.4, -0.2) is 12.6 Å². The Kier molecular flexibility index (Phi) is 7.36. The van der Waals surface area contributed by atoms with Crippen molar-refractivity contribution in [2.75, 3.05) is 6.61 Å². The van der Waals surface area contributed by atoms with E-state index in [2.05, 4.69) is 6.92 Å². The Hall–Kier alpha value is -0.790. The molecule has 0 saturated carbocycles. The summed E-state index contributed by atoms with van der Waals surface area (Å²) in [4.78, 5) is 11.2. The smallest absolute Gasteiger partial charge is 0.333 e. The van der Waals surface area contributed by atoms with Crippen LogP contribution in [0.5, 0.6) is 0 Å². The fraction of sp³-hybridized carbons (Fsp3) is 0.727. The van der Waals surface area contributed by atoms with Crippen LogP contribution in [0.2, 0.25) is 0 Å². The molecule has 0 aromatic heterocycles. The van der Waals surface area contributed by atoms with Crippen molar-refractivity contribution in [1.82, 2.24) is 0 Å². The molecule has 0 amide bonds. The second kappa shape index (κ2) is 7.84. The molecule has 0 atom stereocenters. The van der Waals surface area contributed by atoms with E-state index in [1.807, 2.05) is 13.0 Å². The van der Waals surface area contributed by atoms with Gasteiger partial charge >= 0.3 is 5.97 Å². The molecule has 76 valence electrons. The number of esters is 1. The Morgan fingerprint density at radius 2 is 2.00 bits per heavy atom. The average Bonchev–Trinajstić information content (AvgIpc) is 2.12. The third-order valence-electron chi connectivity index (χ3n) is 1.81. The zero-order chi connectivity index (χ0) is 10.1. The van der Waals surface area contributed by atoms with Crippen molar-refractivity contribution in [1.29, 1.82) is 0 Å². The molecule has 0 aromatic carbocycles. The third kappa shape index (κ3) is 6.38. The van der Waals surface area contributed by atoms with Crippen molar-refractivity contribution in [2.45, 2.75) is 46.5 Å². The summed E-state index contributed by atoms with van der Waals surface area (Å²) >= 11 is 0. The highest BCUT2D eigenvalue weighted by atomic mass is 16.5. The predicted octanol–water partition coefficient (Wildman–Crippen LogP) is 3.08. The van der Waals surface area contributed by atoms with Gasteiger partial charge in [-0.25, -0.2) is 4.79 Å². The molecule has 2 nitrogen and oxygen atoms in total. The SMILES string of the molecule is CCC=C(C)C(=O)OCCCCC. The van der Waals surface area contributed by atoms with Crippen LogP contribution in [0.4, 0.5) is 0 Å². The van der Waals surface area contributed by atoms with E-state index in [9.17, 15) is 4.79 Å². The van der Waals surface area contributed by atoms with Crippen molar-refractivity contribution in [3.05, 3.63) is 11.6 Å². The van der Waals surface area contributed by atoms with E-state index >= 15 is 0 Å². The van der Waals surface area contributed by atoms with Crippen molar-refractivity contribution in [3.8, 4) is 0 Å². The molecule has 0 unspecified atom stereocenters. The molecular weight excluding hydrogens is 164 g/mol. The molecule has 0 fully saturated rings. The van der Waals surface area contributed by atoms with Gasteiger partial charge < -0.3 is 4.74 Å². The number of allylic oxidation sites excluding steroid dienone is 1. The lowest BCUT2D eigenvalue weighted by molar-refractivity contribution is -0.139. The van der Waals surface area contributed by atoms with Gasteiger partial charge in [0.2, 0.25) is 0 Å². The molecule has 0 saturated heterocycles. The molecule has 0 heterocycles. The van der Waals surface area contributed by atoms with Gasteiger partial charge in [-0.2, -0.15) is 0 Å². The van der Waals surface area contributed by atoms with Gasteiger partial charge in [-0.1, -0.05) is 32.8 Å². The third-order valence-corrected chi connectivity index (χ3v) is 1.81. The highest BCUT2D eigenvalue weighted by Gasteiger charge is 2.03. The molecule has 0 aromatic rings. The van der Waals surface area contributed by atoms with Gasteiger partial charge in [0.1, 0.15) is 0 Å². The number of unbranched alkanes of at least 4 members (excludes halogenated alkanes) is 2. The maximum Gasteiger partial charge on any atom is 0.333 e. The molecule has 0 aliphatic heterocycles. The Labute approximate surface area is 81.0 Å². The van der Waals surface area contributed by atoms with E-state index in [0.717, 1.165) is 31.3 Å². The Morgan fingerprint density at radius 1 is 1.31 bits per heavy atom. The Bertz CT molecular complexity index is 171. The standard InChI is InChI=1S/C11H20O2/c1-4-6-7-9-13-11(12)10(3)8-5-2/h8H,4-7,9H2,1-3H3. The van der Waals surface area contributed by atoms with Crippen molar-refractivity contribution >= 4 is 5.97 Å². The summed E-state index contributed by atoms with van der Waals surface area (Å²) in [6.07, 6.45) is 6.03. The number of carbonyl (C=O) groups excluding carboxylic acids is 1. The molecular formula is C11H20O2. The highest BCUT2D eigenvalue weighted by molar-refractivity contribution is 5.87. The van der Waals surface area contributed by atoms with Gasteiger partial charge in [0, 0.05) is 5.57 Å². The molecule has 2 heteroatoms. The molecule has 0 radical (unpaired) electrons. The van der Waals surface area contributed by atoms with Crippen molar-refractivity contribution in [2.24, 2.45) is 0 Å². The minimum Gasteiger partial charge on any atom is -0.462 e. The molecule has 0 rings (SSSR count). The summed E-state index contributed by atoms with van der Waals surface area (Å²) in [6.45, 7) is 6.49. The first-order chi connectivity index (χ1) is 6.22. The van der Waals surface area contributed by atoms with Crippen LogP contribution < -0.4 is 0 Å². The lowest BCUT2D eigenvalue weighted by Gasteiger charge is -2.03. The minimum atomic E-state index is -0.169. The van der Waals surface area contributed by atoms with Crippen LogP contribution in [-0.2, 0) is 9.53 Å². The average molecular weight is 184 g/mol. The first-order valence-corrected chi connectivity index (χ1v) is 5.06. The van der Waals surface area contributed by atoms with Crippen LogP contribution in [0.25, 0.3) is 0 Å². The second-order valence-electron chi connectivity index (χ2n) is 3.14. The Morgan fingerprint density at radius 3 is 2.54 bits per heavy atom.